The van der Waals surface area contributed by atoms with Gasteiger partial charge in [0.15, 0.2) is 0 Å². The number of nitrogens with zero attached hydrogens (tertiary/aromatic N) is 4. The van der Waals surface area contributed by atoms with Crippen molar-refractivity contribution in [2.45, 2.75) is 44.7 Å². The van der Waals surface area contributed by atoms with Crippen molar-refractivity contribution in [1.82, 2.24) is 20.0 Å². The number of amides is 5. The zero-order valence-electron chi connectivity index (χ0n) is 18.2. The van der Waals surface area contributed by atoms with Crippen LogP contribution in [0, 0.1) is 0 Å². The lowest BCUT2D eigenvalue weighted by molar-refractivity contribution is -0.136. The molecule has 0 spiro atoms. The fourth-order valence-electron chi connectivity index (χ4n) is 5.20. The van der Waals surface area contributed by atoms with E-state index in [1.54, 1.807) is 4.90 Å². The van der Waals surface area contributed by atoms with E-state index >= 15 is 0 Å². The van der Waals surface area contributed by atoms with Gasteiger partial charge in [-0.2, -0.15) is 0 Å². The van der Waals surface area contributed by atoms with Gasteiger partial charge in [-0.3, -0.25) is 19.7 Å². The van der Waals surface area contributed by atoms with Crippen molar-refractivity contribution in [3.8, 4) is 0 Å². The summed E-state index contributed by atoms with van der Waals surface area (Å²) in [5.41, 5.74) is 2.56. The summed E-state index contributed by atoms with van der Waals surface area (Å²) in [6, 6.07) is 5.38. The van der Waals surface area contributed by atoms with Crippen molar-refractivity contribution in [2.24, 2.45) is 0 Å². The summed E-state index contributed by atoms with van der Waals surface area (Å²) in [6.45, 7) is 4.98. The number of carbonyl (C=O) groups is 4. The van der Waals surface area contributed by atoms with Crippen molar-refractivity contribution in [3.05, 3.63) is 29.3 Å². The van der Waals surface area contributed by atoms with Gasteiger partial charge >= 0.3 is 6.03 Å². The predicted molar refractivity (Wildman–Crippen MR) is 117 cm³/mol. The Morgan fingerprint density at radius 1 is 0.906 bits per heavy atom. The molecule has 1 aromatic carbocycles. The SMILES string of the molecule is O=C1CCC(N2Cc3cc(N4CCN(C(=O)N5CCCCC5)CC4)ccc3C2=O)C(=O)N1. The van der Waals surface area contributed by atoms with Gasteiger partial charge in [-0.05, 0) is 49.4 Å². The number of fused-ring (bicyclic) bond motifs is 1. The van der Waals surface area contributed by atoms with E-state index in [1.807, 2.05) is 28.0 Å². The highest BCUT2D eigenvalue weighted by atomic mass is 16.2. The van der Waals surface area contributed by atoms with Crippen LogP contribution in [0.3, 0.4) is 0 Å². The van der Waals surface area contributed by atoms with Crippen molar-refractivity contribution in [2.75, 3.05) is 44.2 Å². The molecule has 4 aliphatic heterocycles. The van der Waals surface area contributed by atoms with Crippen molar-refractivity contribution >= 4 is 29.4 Å². The number of carbonyl (C=O) groups excluding carboxylic acids is 4. The maximum atomic E-state index is 12.9. The minimum atomic E-state index is -0.597. The second kappa shape index (κ2) is 8.44. The molecule has 1 atom stereocenters. The smallest absolute Gasteiger partial charge is 0.320 e. The van der Waals surface area contributed by atoms with Gasteiger partial charge in [0.05, 0.1) is 0 Å². The summed E-state index contributed by atoms with van der Waals surface area (Å²) < 4.78 is 0. The van der Waals surface area contributed by atoms with Gasteiger partial charge in [0.25, 0.3) is 5.91 Å². The maximum absolute atomic E-state index is 12.9. The van der Waals surface area contributed by atoms with Crippen LogP contribution in [0.5, 0.6) is 0 Å². The second-order valence-corrected chi connectivity index (χ2v) is 9.05. The summed E-state index contributed by atoms with van der Waals surface area (Å²) in [5.74, 6) is -0.828. The molecule has 1 unspecified atom stereocenters. The third-order valence-corrected chi connectivity index (χ3v) is 7.05. The Hall–Kier alpha value is -3.10. The number of anilines is 1. The Bertz CT molecular complexity index is 950. The maximum Gasteiger partial charge on any atom is 0.320 e. The number of hydrogen-bond donors (Lipinski definition) is 1. The Labute approximate surface area is 187 Å². The van der Waals surface area contributed by atoms with E-state index in [9.17, 15) is 19.2 Å². The van der Waals surface area contributed by atoms with Gasteiger partial charge < -0.3 is 19.6 Å². The number of piperidine rings is 2. The van der Waals surface area contributed by atoms with Crippen LogP contribution < -0.4 is 10.2 Å². The molecule has 3 saturated heterocycles. The van der Waals surface area contributed by atoms with Gasteiger partial charge in [-0.1, -0.05) is 0 Å². The first kappa shape index (κ1) is 20.8. The molecule has 0 radical (unpaired) electrons. The van der Waals surface area contributed by atoms with Crippen LogP contribution >= 0.6 is 0 Å². The van der Waals surface area contributed by atoms with Crippen LogP contribution in [-0.2, 0) is 16.1 Å². The van der Waals surface area contributed by atoms with E-state index in [0.29, 0.717) is 31.6 Å². The molecule has 32 heavy (non-hydrogen) atoms. The highest BCUT2D eigenvalue weighted by Gasteiger charge is 2.39. The summed E-state index contributed by atoms with van der Waals surface area (Å²) >= 11 is 0. The average Bonchev–Trinajstić information content (AvgIpc) is 3.15. The molecule has 9 heteroatoms. The van der Waals surface area contributed by atoms with Crippen molar-refractivity contribution in [1.29, 1.82) is 0 Å². The number of rotatable bonds is 2. The van der Waals surface area contributed by atoms with Crippen molar-refractivity contribution in [3.63, 3.8) is 0 Å². The summed E-state index contributed by atoms with van der Waals surface area (Å²) in [5, 5.41) is 2.34. The first-order valence-electron chi connectivity index (χ1n) is 11.6. The monoisotopic (exact) mass is 439 g/mol. The van der Waals surface area contributed by atoms with Gasteiger partial charge in [0.2, 0.25) is 11.8 Å². The first-order valence-corrected chi connectivity index (χ1v) is 11.6. The molecule has 9 nitrogen and oxygen atoms in total. The van der Waals surface area contributed by atoms with Gasteiger partial charge in [-0.25, -0.2) is 4.79 Å². The minimum absolute atomic E-state index is 0.155. The van der Waals surface area contributed by atoms with Gasteiger partial charge in [0.1, 0.15) is 6.04 Å². The molecule has 1 N–H and O–H groups in total. The quantitative estimate of drug-likeness (QED) is 0.699. The normalized spacial score (nSPS) is 24.0. The number of likely N-dealkylation sites (tertiary alicyclic amines) is 1. The third-order valence-electron chi connectivity index (χ3n) is 7.05. The molecule has 5 amide bonds. The number of piperazine rings is 1. The van der Waals surface area contributed by atoms with E-state index in [4.69, 9.17) is 0 Å². The van der Waals surface area contributed by atoms with Crippen LogP contribution in [0.15, 0.2) is 18.2 Å². The first-order chi connectivity index (χ1) is 15.5. The topological polar surface area (TPSA) is 93.3 Å². The molecule has 4 heterocycles. The molecular formula is C23H29N5O4. The fraction of sp³-hybridized carbons (Fsp3) is 0.565. The van der Waals surface area contributed by atoms with Crippen LogP contribution in [0.2, 0.25) is 0 Å². The zero-order chi connectivity index (χ0) is 22.2. The number of benzene rings is 1. The largest absolute Gasteiger partial charge is 0.368 e. The molecule has 170 valence electrons. The second-order valence-electron chi connectivity index (χ2n) is 9.05. The summed E-state index contributed by atoms with van der Waals surface area (Å²) in [7, 11) is 0. The van der Waals surface area contributed by atoms with E-state index < -0.39 is 11.9 Å². The van der Waals surface area contributed by atoms with Gasteiger partial charge in [0, 0.05) is 63.5 Å². The Morgan fingerprint density at radius 2 is 1.62 bits per heavy atom. The highest BCUT2D eigenvalue weighted by molar-refractivity contribution is 6.05. The molecule has 0 bridgehead atoms. The standard InChI is InChI=1S/C23H29N5O4/c29-20-7-6-19(21(30)24-20)28-15-16-14-17(4-5-18(16)22(28)31)25-10-12-27(13-11-25)23(32)26-8-2-1-3-9-26/h4-5,14,19H,1-3,6-13,15H2,(H,24,29,30). The Balaban J connectivity index is 1.22. The molecule has 3 fully saturated rings. The van der Waals surface area contributed by atoms with E-state index in [0.717, 1.165) is 50.3 Å². The van der Waals surface area contributed by atoms with Crippen LogP contribution in [0.25, 0.3) is 0 Å². The van der Waals surface area contributed by atoms with E-state index in [2.05, 4.69) is 10.2 Å². The zero-order valence-corrected chi connectivity index (χ0v) is 18.2. The molecule has 0 aromatic heterocycles. The third kappa shape index (κ3) is 3.80. The van der Waals surface area contributed by atoms with Gasteiger partial charge in [-0.15, -0.1) is 0 Å². The number of hydrogen-bond acceptors (Lipinski definition) is 5. The average molecular weight is 440 g/mol. The Kier molecular flexibility index (Phi) is 5.48. The number of nitrogens with one attached hydrogen (secondary N) is 1. The molecular weight excluding hydrogens is 410 g/mol. The van der Waals surface area contributed by atoms with E-state index in [-0.39, 0.29) is 24.3 Å². The Morgan fingerprint density at radius 3 is 2.34 bits per heavy atom. The van der Waals surface area contributed by atoms with Crippen LogP contribution in [0.1, 0.15) is 48.0 Å². The molecule has 4 aliphatic rings. The number of urea groups is 1. The lowest BCUT2D eigenvalue weighted by atomic mass is 10.0. The number of imide groups is 1. The minimum Gasteiger partial charge on any atom is -0.368 e. The van der Waals surface area contributed by atoms with E-state index in [1.165, 1.54) is 6.42 Å². The summed E-state index contributed by atoms with van der Waals surface area (Å²) in [6.07, 6.45) is 4.01. The van der Waals surface area contributed by atoms with Crippen LogP contribution in [0.4, 0.5) is 10.5 Å². The lowest BCUT2D eigenvalue weighted by Crippen LogP contribution is -2.53. The molecule has 1 aromatic rings. The van der Waals surface area contributed by atoms with Crippen molar-refractivity contribution < 1.29 is 19.2 Å². The molecule has 0 saturated carbocycles. The van der Waals surface area contributed by atoms with Crippen LogP contribution in [-0.4, -0.2) is 83.8 Å². The lowest BCUT2D eigenvalue weighted by Gasteiger charge is -2.39. The fourth-order valence-corrected chi connectivity index (χ4v) is 5.20. The summed E-state index contributed by atoms with van der Waals surface area (Å²) in [4.78, 5) is 57.1. The predicted octanol–water partition coefficient (Wildman–Crippen LogP) is 1.18. The highest BCUT2D eigenvalue weighted by Crippen LogP contribution is 2.31. The molecule has 0 aliphatic carbocycles. The molecule has 5 rings (SSSR count).